The molecule has 0 aromatic carbocycles. The second kappa shape index (κ2) is 14.9. The molecule has 0 fully saturated rings. The average molecular weight is 345 g/mol. The van der Waals surface area contributed by atoms with E-state index in [4.69, 9.17) is 13.6 Å². The van der Waals surface area contributed by atoms with Crippen LogP contribution in [0.15, 0.2) is 12.2 Å². The fourth-order valence-corrected chi connectivity index (χ4v) is 4.32. The summed E-state index contributed by atoms with van der Waals surface area (Å²) in [5.41, 5.74) is 1.05. The van der Waals surface area contributed by atoms with Crippen LogP contribution in [0.25, 0.3) is 0 Å². The standard InChI is InChI=1S/C18H36O4Si/c1-6-21-23(22-7-2)17(5)14-12-10-8-9-11-13-15-20-18(19)16(3)4/h17,23H,3,6-15H2,1-2,4-5H3. The van der Waals surface area contributed by atoms with E-state index in [1.165, 1.54) is 32.1 Å². The van der Waals surface area contributed by atoms with Gasteiger partial charge in [-0.3, -0.25) is 0 Å². The molecule has 0 bridgehead atoms. The molecule has 0 N–H and O–H groups in total. The van der Waals surface area contributed by atoms with Crippen LogP contribution in [-0.2, 0) is 18.4 Å². The van der Waals surface area contributed by atoms with Gasteiger partial charge < -0.3 is 13.6 Å². The summed E-state index contributed by atoms with van der Waals surface area (Å²) in [6, 6.07) is 0. The zero-order chi connectivity index (χ0) is 17.5. The molecule has 0 aliphatic heterocycles. The minimum atomic E-state index is -1.48. The highest BCUT2D eigenvalue weighted by molar-refractivity contribution is 6.46. The predicted molar refractivity (Wildman–Crippen MR) is 97.9 cm³/mol. The summed E-state index contributed by atoms with van der Waals surface area (Å²) in [5, 5.41) is 0. The van der Waals surface area contributed by atoms with E-state index >= 15 is 0 Å². The molecule has 4 nitrogen and oxygen atoms in total. The molecule has 0 aromatic rings. The van der Waals surface area contributed by atoms with E-state index in [2.05, 4.69) is 13.5 Å². The highest BCUT2D eigenvalue weighted by Crippen LogP contribution is 2.20. The van der Waals surface area contributed by atoms with Crippen molar-refractivity contribution in [2.75, 3.05) is 19.8 Å². The minimum Gasteiger partial charge on any atom is -0.462 e. The Morgan fingerprint density at radius 2 is 1.52 bits per heavy atom. The number of carbonyl (C=O) groups excluding carboxylic acids is 1. The summed E-state index contributed by atoms with van der Waals surface area (Å²) in [7, 11) is -1.48. The van der Waals surface area contributed by atoms with Gasteiger partial charge in [0.05, 0.1) is 6.61 Å². The number of rotatable bonds is 15. The lowest BCUT2D eigenvalue weighted by molar-refractivity contribution is -0.139. The molecule has 0 aliphatic rings. The van der Waals surface area contributed by atoms with Crippen LogP contribution in [0, 0.1) is 0 Å². The third-order valence-electron chi connectivity index (χ3n) is 3.76. The Labute approximate surface area is 144 Å². The first-order valence-corrected chi connectivity index (χ1v) is 10.7. The largest absolute Gasteiger partial charge is 0.462 e. The fourth-order valence-electron chi connectivity index (χ4n) is 2.40. The van der Waals surface area contributed by atoms with Crippen LogP contribution in [-0.4, -0.2) is 35.1 Å². The number of unbranched alkanes of at least 4 members (excludes halogenated alkanes) is 5. The van der Waals surface area contributed by atoms with Gasteiger partial charge in [0.2, 0.25) is 0 Å². The Bertz CT molecular complexity index is 314. The Hall–Kier alpha value is -0.653. The second-order valence-corrected chi connectivity index (χ2v) is 8.62. The van der Waals surface area contributed by atoms with E-state index in [9.17, 15) is 4.79 Å². The smallest absolute Gasteiger partial charge is 0.333 e. The van der Waals surface area contributed by atoms with Crippen molar-refractivity contribution in [3.8, 4) is 0 Å². The summed E-state index contributed by atoms with van der Waals surface area (Å²) in [5.74, 6) is -0.277. The topological polar surface area (TPSA) is 44.8 Å². The highest BCUT2D eigenvalue weighted by atomic mass is 28.3. The highest BCUT2D eigenvalue weighted by Gasteiger charge is 2.20. The summed E-state index contributed by atoms with van der Waals surface area (Å²) in [6.45, 7) is 13.6. The molecule has 136 valence electrons. The van der Waals surface area contributed by atoms with Gasteiger partial charge in [-0.25, -0.2) is 4.79 Å². The summed E-state index contributed by atoms with van der Waals surface area (Å²) in [4.78, 5) is 11.2. The zero-order valence-corrected chi connectivity index (χ0v) is 16.7. The average Bonchev–Trinajstić information content (AvgIpc) is 2.52. The van der Waals surface area contributed by atoms with Crippen LogP contribution in [0.1, 0.15) is 72.6 Å². The molecule has 23 heavy (non-hydrogen) atoms. The maximum absolute atomic E-state index is 11.2. The van der Waals surface area contributed by atoms with Crippen LogP contribution < -0.4 is 0 Å². The van der Waals surface area contributed by atoms with Crippen LogP contribution in [0.3, 0.4) is 0 Å². The summed E-state index contributed by atoms with van der Waals surface area (Å²) < 4.78 is 16.6. The van der Waals surface area contributed by atoms with Gasteiger partial charge in [-0.2, -0.15) is 0 Å². The number of hydrogen-bond acceptors (Lipinski definition) is 4. The molecule has 0 amide bonds. The number of esters is 1. The first-order chi connectivity index (χ1) is 11.0. The molecule has 0 aromatic heterocycles. The van der Waals surface area contributed by atoms with Crippen molar-refractivity contribution in [3.05, 3.63) is 12.2 Å². The third kappa shape index (κ3) is 12.4. The van der Waals surface area contributed by atoms with E-state index in [0.717, 1.165) is 26.1 Å². The number of ether oxygens (including phenoxy) is 1. The van der Waals surface area contributed by atoms with Gasteiger partial charge in [-0.15, -0.1) is 0 Å². The lowest BCUT2D eigenvalue weighted by Gasteiger charge is -2.21. The van der Waals surface area contributed by atoms with E-state index in [1.807, 2.05) is 13.8 Å². The number of hydrogen-bond donors (Lipinski definition) is 0. The van der Waals surface area contributed by atoms with E-state index in [-0.39, 0.29) is 5.97 Å². The van der Waals surface area contributed by atoms with E-state index in [1.54, 1.807) is 6.92 Å². The molecular weight excluding hydrogens is 308 g/mol. The molecular formula is C18H36O4Si. The van der Waals surface area contributed by atoms with Crippen molar-refractivity contribution in [2.24, 2.45) is 0 Å². The predicted octanol–water partition coefficient (Wildman–Crippen LogP) is 4.52. The van der Waals surface area contributed by atoms with Crippen molar-refractivity contribution >= 4 is 15.3 Å². The Morgan fingerprint density at radius 1 is 1.00 bits per heavy atom. The first kappa shape index (κ1) is 22.3. The van der Waals surface area contributed by atoms with Crippen LogP contribution in [0.2, 0.25) is 5.54 Å². The van der Waals surface area contributed by atoms with Crippen LogP contribution in [0.5, 0.6) is 0 Å². The first-order valence-electron chi connectivity index (χ1n) is 9.08. The molecule has 0 aliphatic carbocycles. The van der Waals surface area contributed by atoms with Gasteiger partial charge in [-0.1, -0.05) is 45.6 Å². The van der Waals surface area contributed by atoms with E-state index in [0.29, 0.717) is 17.7 Å². The molecule has 0 heterocycles. The van der Waals surface area contributed by atoms with Crippen LogP contribution in [0.4, 0.5) is 0 Å². The van der Waals surface area contributed by atoms with Gasteiger partial charge in [0, 0.05) is 18.8 Å². The quantitative estimate of drug-likeness (QED) is 0.190. The fraction of sp³-hybridized carbons (Fsp3) is 0.833. The summed E-state index contributed by atoms with van der Waals surface area (Å²) >= 11 is 0. The van der Waals surface area contributed by atoms with Crippen molar-refractivity contribution < 1.29 is 18.4 Å². The SMILES string of the molecule is C=C(C)C(=O)OCCCCCCCCC(C)[SiH](OCC)OCC. The molecule has 5 heteroatoms. The molecule has 1 atom stereocenters. The van der Waals surface area contributed by atoms with Crippen LogP contribution >= 0.6 is 0 Å². The lowest BCUT2D eigenvalue weighted by Crippen LogP contribution is -2.27. The van der Waals surface area contributed by atoms with Crippen molar-refractivity contribution in [1.29, 1.82) is 0 Å². The molecule has 1 unspecified atom stereocenters. The maximum atomic E-state index is 11.2. The second-order valence-electron chi connectivity index (χ2n) is 6.08. The Kier molecular flexibility index (Phi) is 14.5. The molecule has 0 saturated carbocycles. The normalized spacial score (nSPS) is 12.4. The summed E-state index contributed by atoms with van der Waals surface area (Å²) in [6.07, 6.45) is 8.22. The molecule has 0 spiro atoms. The molecule has 0 rings (SSSR count). The van der Waals surface area contributed by atoms with Crippen molar-refractivity contribution in [3.63, 3.8) is 0 Å². The van der Waals surface area contributed by atoms with Crippen molar-refractivity contribution in [2.45, 2.75) is 78.2 Å². The van der Waals surface area contributed by atoms with Gasteiger partial charge in [0.15, 0.2) is 0 Å². The van der Waals surface area contributed by atoms with Gasteiger partial charge in [0.1, 0.15) is 0 Å². The Balaban J connectivity index is 3.50. The lowest BCUT2D eigenvalue weighted by atomic mass is 10.1. The maximum Gasteiger partial charge on any atom is 0.333 e. The number of carbonyl (C=O) groups is 1. The van der Waals surface area contributed by atoms with Crippen molar-refractivity contribution in [1.82, 2.24) is 0 Å². The third-order valence-corrected chi connectivity index (χ3v) is 6.35. The minimum absolute atomic E-state index is 0.277. The van der Waals surface area contributed by atoms with E-state index < -0.39 is 9.28 Å². The van der Waals surface area contributed by atoms with Gasteiger partial charge >= 0.3 is 15.3 Å². The monoisotopic (exact) mass is 344 g/mol. The Morgan fingerprint density at radius 3 is 2.04 bits per heavy atom. The zero-order valence-electron chi connectivity index (χ0n) is 15.6. The van der Waals surface area contributed by atoms with Gasteiger partial charge in [0.25, 0.3) is 0 Å². The van der Waals surface area contributed by atoms with Gasteiger partial charge in [-0.05, 0) is 39.2 Å². The molecule has 0 saturated heterocycles. The molecule has 0 radical (unpaired) electrons.